The summed E-state index contributed by atoms with van der Waals surface area (Å²) in [6.45, 7) is 5.08. The molecule has 90 valence electrons. The fraction of sp³-hybridized carbons (Fsp3) is 0.500. The summed E-state index contributed by atoms with van der Waals surface area (Å²) in [5.74, 6) is 0. The average molecular weight is 287 g/mol. The summed E-state index contributed by atoms with van der Waals surface area (Å²) in [6.07, 6.45) is -0.273. The molecule has 0 aliphatic rings. The molecule has 1 aromatic carbocycles. The molecular formula is C12H19BrN2O. The number of aliphatic hydroxyl groups is 1. The predicted octanol–water partition coefficient (Wildman–Crippen LogP) is 1.51. The van der Waals surface area contributed by atoms with E-state index in [1.807, 2.05) is 12.1 Å². The Kier molecular flexibility index (Phi) is 6.64. The second kappa shape index (κ2) is 7.79. The van der Waals surface area contributed by atoms with E-state index < -0.39 is 0 Å². The van der Waals surface area contributed by atoms with Crippen LogP contribution in [0.4, 0.5) is 0 Å². The highest BCUT2D eigenvalue weighted by Crippen LogP contribution is 2.10. The van der Waals surface area contributed by atoms with E-state index in [2.05, 4.69) is 38.7 Å². The molecule has 0 heterocycles. The molecule has 0 saturated carbocycles. The average Bonchev–Trinajstić information content (AvgIpc) is 2.23. The number of hydrogen-bond acceptors (Lipinski definition) is 3. The Hall–Kier alpha value is -0.420. The Bertz CT molecular complexity index is 305. The van der Waals surface area contributed by atoms with Gasteiger partial charge in [-0.1, -0.05) is 28.1 Å². The Morgan fingerprint density at radius 1 is 1.31 bits per heavy atom. The van der Waals surface area contributed by atoms with Crippen molar-refractivity contribution in [3.8, 4) is 0 Å². The minimum Gasteiger partial charge on any atom is -0.392 e. The summed E-state index contributed by atoms with van der Waals surface area (Å²) in [5.41, 5.74) is 1.27. The van der Waals surface area contributed by atoms with E-state index in [0.717, 1.165) is 24.1 Å². The van der Waals surface area contributed by atoms with Crippen molar-refractivity contribution in [2.75, 3.05) is 19.6 Å². The molecule has 3 nitrogen and oxygen atoms in total. The minimum absolute atomic E-state index is 0.273. The van der Waals surface area contributed by atoms with Crippen molar-refractivity contribution in [3.05, 3.63) is 34.3 Å². The zero-order valence-corrected chi connectivity index (χ0v) is 11.1. The first-order chi connectivity index (χ1) is 7.68. The maximum atomic E-state index is 9.03. The zero-order valence-electron chi connectivity index (χ0n) is 9.54. The van der Waals surface area contributed by atoms with Gasteiger partial charge >= 0.3 is 0 Å². The molecule has 0 aliphatic carbocycles. The molecule has 1 atom stereocenters. The van der Waals surface area contributed by atoms with Gasteiger partial charge < -0.3 is 15.7 Å². The molecule has 0 aliphatic heterocycles. The van der Waals surface area contributed by atoms with Crippen LogP contribution in [-0.4, -0.2) is 30.8 Å². The monoisotopic (exact) mass is 286 g/mol. The van der Waals surface area contributed by atoms with E-state index in [0.29, 0.717) is 6.54 Å². The summed E-state index contributed by atoms with van der Waals surface area (Å²) < 4.78 is 1.11. The van der Waals surface area contributed by atoms with Gasteiger partial charge in [-0.15, -0.1) is 0 Å². The normalized spacial score (nSPS) is 12.7. The Morgan fingerprint density at radius 3 is 2.75 bits per heavy atom. The Morgan fingerprint density at radius 2 is 2.06 bits per heavy atom. The van der Waals surface area contributed by atoms with Gasteiger partial charge in [-0.05, 0) is 24.6 Å². The third-order valence-corrected chi connectivity index (χ3v) is 2.63. The van der Waals surface area contributed by atoms with Crippen LogP contribution in [0.3, 0.4) is 0 Å². The van der Waals surface area contributed by atoms with E-state index in [-0.39, 0.29) is 6.10 Å². The van der Waals surface area contributed by atoms with Gasteiger partial charge in [-0.25, -0.2) is 0 Å². The van der Waals surface area contributed by atoms with Crippen LogP contribution in [0.5, 0.6) is 0 Å². The van der Waals surface area contributed by atoms with E-state index in [1.54, 1.807) is 6.92 Å². The first-order valence-electron chi connectivity index (χ1n) is 5.52. The number of halogens is 1. The van der Waals surface area contributed by atoms with Gasteiger partial charge in [0.05, 0.1) is 6.10 Å². The highest BCUT2D eigenvalue weighted by Gasteiger charge is 1.95. The minimum atomic E-state index is -0.273. The molecule has 0 spiro atoms. The van der Waals surface area contributed by atoms with Crippen molar-refractivity contribution in [2.24, 2.45) is 0 Å². The summed E-state index contributed by atoms with van der Waals surface area (Å²) in [7, 11) is 0. The Balaban J connectivity index is 2.07. The van der Waals surface area contributed by atoms with Crippen molar-refractivity contribution in [1.82, 2.24) is 10.6 Å². The van der Waals surface area contributed by atoms with Gasteiger partial charge in [0.15, 0.2) is 0 Å². The molecule has 0 radical (unpaired) electrons. The lowest BCUT2D eigenvalue weighted by Crippen LogP contribution is -2.31. The number of aliphatic hydroxyl groups excluding tert-OH is 1. The van der Waals surface area contributed by atoms with Gasteiger partial charge in [0, 0.05) is 30.7 Å². The molecule has 1 rings (SSSR count). The summed E-state index contributed by atoms with van der Waals surface area (Å²) >= 11 is 3.44. The van der Waals surface area contributed by atoms with Crippen LogP contribution in [-0.2, 0) is 6.54 Å². The number of rotatable bonds is 7. The van der Waals surface area contributed by atoms with Gasteiger partial charge in [0.2, 0.25) is 0 Å². The van der Waals surface area contributed by atoms with Crippen LogP contribution in [0.1, 0.15) is 12.5 Å². The number of benzene rings is 1. The fourth-order valence-corrected chi connectivity index (χ4v) is 1.81. The maximum absolute atomic E-state index is 9.03. The van der Waals surface area contributed by atoms with Gasteiger partial charge in [-0.2, -0.15) is 0 Å². The third-order valence-electron chi connectivity index (χ3n) is 2.14. The van der Waals surface area contributed by atoms with Crippen LogP contribution < -0.4 is 10.6 Å². The maximum Gasteiger partial charge on any atom is 0.0636 e. The second-order valence-electron chi connectivity index (χ2n) is 3.86. The van der Waals surface area contributed by atoms with Crippen molar-refractivity contribution in [3.63, 3.8) is 0 Å². The largest absolute Gasteiger partial charge is 0.392 e. The van der Waals surface area contributed by atoms with Gasteiger partial charge in [0.25, 0.3) is 0 Å². The molecule has 0 amide bonds. The Labute approximate surface area is 105 Å². The highest BCUT2D eigenvalue weighted by molar-refractivity contribution is 9.10. The summed E-state index contributed by atoms with van der Waals surface area (Å²) in [6, 6.07) is 8.26. The summed E-state index contributed by atoms with van der Waals surface area (Å²) in [5, 5.41) is 15.5. The lowest BCUT2D eigenvalue weighted by molar-refractivity contribution is 0.191. The molecule has 4 heteroatoms. The van der Waals surface area contributed by atoms with E-state index >= 15 is 0 Å². The lowest BCUT2D eigenvalue weighted by atomic mass is 10.2. The number of nitrogens with one attached hydrogen (secondary N) is 2. The molecule has 0 fully saturated rings. The van der Waals surface area contributed by atoms with Crippen LogP contribution in [0.15, 0.2) is 28.7 Å². The van der Waals surface area contributed by atoms with Crippen LogP contribution in [0, 0.1) is 0 Å². The molecule has 0 saturated heterocycles. The van der Waals surface area contributed by atoms with Crippen molar-refractivity contribution < 1.29 is 5.11 Å². The standard InChI is InChI=1S/C12H19BrN2O/c1-10(16)8-14-5-6-15-9-11-3-2-4-12(13)7-11/h2-4,7,10,14-16H,5-6,8-9H2,1H3. The van der Waals surface area contributed by atoms with Crippen molar-refractivity contribution in [1.29, 1.82) is 0 Å². The summed E-state index contributed by atoms with van der Waals surface area (Å²) in [4.78, 5) is 0. The van der Waals surface area contributed by atoms with Gasteiger partial charge in [0.1, 0.15) is 0 Å². The first kappa shape index (κ1) is 13.6. The third kappa shape index (κ3) is 6.23. The van der Waals surface area contributed by atoms with E-state index in [1.165, 1.54) is 5.56 Å². The fourth-order valence-electron chi connectivity index (χ4n) is 1.37. The predicted molar refractivity (Wildman–Crippen MR) is 70.4 cm³/mol. The van der Waals surface area contributed by atoms with E-state index in [9.17, 15) is 0 Å². The number of hydrogen-bond donors (Lipinski definition) is 3. The van der Waals surface area contributed by atoms with Crippen LogP contribution in [0.25, 0.3) is 0 Å². The smallest absolute Gasteiger partial charge is 0.0636 e. The highest BCUT2D eigenvalue weighted by atomic mass is 79.9. The molecule has 1 unspecified atom stereocenters. The molecule has 3 N–H and O–H groups in total. The lowest BCUT2D eigenvalue weighted by Gasteiger charge is -2.08. The molecule has 0 aromatic heterocycles. The van der Waals surface area contributed by atoms with Crippen molar-refractivity contribution in [2.45, 2.75) is 19.6 Å². The van der Waals surface area contributed by atoms with E-state index in [4.69, 9.17) is 5.11 Å². The second-order valence-corrected chi connectivity index (χ2v) is 4.78. The SMILES string of the molecule is CC(O)CNCCNCc1cccc(Br)c1. The quantitative estimate of drug-likeness (QED) is 0.666. The topological polar surface area (TPSA) is 44.3 Å². The molecule has 16 heavy (non-hydrogen) atoms. The molecule has 1 aromatic rings. The van der Waals surface area contributed by atoms with Crippen molar-refractivity contribution >= 4 is 15.9 Å². The first-order valence-corrected chi connectivity index (χ1v) is 6.31. The molecule has 0 bridgehead atoms. The van der Waals surface area contributed by atoms with Gasteiger partial charge in [-0.3, -0.25) is 0 Å². The van der Waals surface area contributed by atoms with Crippen LogP contribution >= 0.6 is 15.9 Å². The van der Waals surface area contributed by atoms with Crippen LogP contribution in [0.2, 0.25) is 0 Å². The molecular weight excluding hydrogens is 268 g/mol. The zero-order chi connectivity index (χ0) is 11.8.